The molecular weight excluding hydrogens is 556 g/mol. The Hall–Kier alpha value is -4.48. The van der Waals surface area contributed by atoms with Crippen molar-refractivity contribution in [2.24, 2.45) is 0 Å². The van der Waals surface area contributed by atoms with Crippen molar-refractivity contribution in [3.8, 4) is 17.2 Å². The molecule has 1 aromatic heterocycles. The Bertz CT molecular complexity index is 1630. The van der Waals surface area contributed by atoms with E-state index in [1.165, 1.54) is 24.3 Å². The number of carbonyl (C=O) groups is 1. The van der Waals surface area contributed by atoms with Crippen molar-refractivity contribution >= 4 is 22.6 Å². The molecule has 0 fully saturated rings. The number of nitrogens with one attached hydrogen (secondary N) is 1. The van der Waals surface area contributed by atoms with Crippen LogP contribution in [0.15, 0.2) is 75.9 Å². The standard InChI is InChI=1S/C29H23F6NO5/c1-27(2,3)16-8-10-17(11-9-16)40-25-24(38)19-13-12-18(14-22(19)41-26(25)29(33,34)35)39-15-23(37)36-21-7-5-4-6-20(21)28(30,31)32/h4-14H,15H2,1-3H3,(H,36,37). The summed E-state index contributed by atoms with van der Waals surface area (Å²) in [5.74, 6) is -3.86. The summed E-state index contributed by atoms with van der Waals surface area (Å²) < 4.78 is 96.7. The van der Waals surface area contributed by atoms with Crippen molar-refractivity contribution in [1.29, 1.82) is 0 Å². The van der Waals surface area contributed by atoms with E-state index in [2.05, 4.69) is 5.32 Å². The number of hydrogen-bond donors (Lipinski definition) is 1. The maximum atomic E-state index is 13.9. The smallest absolute Gasteiger partial charge is 0.453 e. The molecule has 1 N–H and O–H groups in total. The number of alkyl halides is 6. The van der Waals surface area contributed by atoms with Crippen LogP contribution in [0.5, 0.6) is 17.2 Å². The zero-order valence-corrected chi connectivity index (χ0v) is 21.9. The summed E-state index contributed by atoms with van der Waals surface area (Å²) in [6.45, 7) is 5.10. The summed E-state index contributed by atoms with van der Waals surface area (Å²) in [6.07, 6.45) is -9.81. The first-order valence-electron chi connectivity index (χ1n) is 12.1. The number of amides is 1. The van der Waals surface area contributed by atoms with Crippen LogP contribution >= 0.6 is 0 Å². The Morgan fingerprint density at radius 1 is 0.854 bits per heavy atom. The van der Waals surface area contributed by atoms with E-state index in [4.69, 9.17) is 13.9 Å². The van der Waals surface area contributed by atoms with Crippen LogP contribution in [0.1, 0.15) is 37.7 Å². The van der Waals surface area contributed by atoms with Gasteiger partial charge >= 0.3 is 12.4 Å². The Balaban J connectivity index is 1.58. The Kier molecular flexibility index (Phi) is 7.79. The maximum Gasteiger partial charge on any atom is 0.453 e. The third-order valence-electron chi connectivity index (χ3n) is 5.90. The van der Waals surface area contributed by atoms with E-state index < -0.39 is 58.6 Å². The first-order chi connectivity index (χ1) is 19.0. The van der Waals surface area contributed by atoms with E-state index in [-0.39, 0.29) is 22.3 Å². The molecule has 0 aliphatic rings. The van der Waals surface area contributed by atoms with E-state index in [0.717, 1.165) is 35.9 Å². The molecule has 0 saturated heterocycles. The minimum atomic E-state index is -5.10. The molecule has 1 heterocycles. The topological polar surface area (TPSA) is 77.8 Å². The third kappa shape index (κ3) is 6.82. The fourth-order valence-corrected chi connectivity index (χ4v) is 3.84. The Labute approximate surface area is 229 Å². The highest BCUT2D eigenvalue weighted by molar-refractivity contribution is 5.92. The molecule has 0 spiro atoms. The molecule has 0 saturated carbocycles. The van der Waals surface area contributed by atoms with Gasteiger partial charge in [-0.2, -0.15) is 26.3 Å². The maximum absolute atomic E-state index is 13.9. The van der Waals surface area contributed by atoms with Crippen molar-refractivity contribution in [3.05, 3.63) is 93.8 Å². The summed E-state index contributed by atoms with van der Waals surface area (Å²) in [7, 11) is 0. The van der Waals surface area contributed by atoms with Gasteiger partial charge in [0.15, 0.2) is 6.61 Å². The molecule has 0 aliphatic carbocycles. The lowest BCUT2D eigenvalue weighted by Crippen LogP contribution is -2.22. The molecule has 0 aliphatic heterocycles. The van der Waals surface area contributed by atoms with Crippen molar-refractivity contribution in [2.45, 2.75) is 38.5 Å². The molecular formula is C29H23F6NO5. The highest BCUT2D eigenvalue weighted by Crippen LogP contribution is 2.39. The first-order valence-corrected chi connectivity index (χ1v) is 12.1. The van der Waals surface area contributed by atoms with Crippen LogP contribution in [0.4, 0.5) is 32.0 Å². The van der Waals surface area contributed by atoms with Crippen LogP contribution < -0.4 is 20.2 Å². The normalized spacial score (nSPS) is 12.3. The summed E-state index contributed by atoms with van der Waals surface area (Å²) in [5, 5.41) is 1.83. The van der Waals surface area contributed by atoms with Gasteiger partial charge in [0, 0.05) is 6.07 Å². The number of hydrogen-bond acceptors (Lipinski definition) is 5. The lowest BCUT2D eigenvalue weighted by atomic mass is 9.87. The molecule has 0 atom stereocenters. The predicted molar refractivity (Wildman–Crippen MR) is 138 cm³/mol. The Morgan fingerprint density at radius 3 is 2.10 bits per heavy atom. The van der Waals surface area contributed by atoms with Gasteiger partial charge in [-0.3, -0.25) is 9.59 Å². The van der Waals surface area contributed by atoms with Gasteiger partial charge in [0.25, 0.3) is 11.7 Å². The molecule has 216 valence electrons. The van der Waals surface area contributed by atoms with Gasteiger partial charge in [-0.1, -0.05) is 45.0 Å². The van der Waals surface area contributed by atoms with Crippen molar-refractivity contribution < 1.29 is 45.0 Å². The average Bonchev–Trinajstić information content (AvgIpc) is 2.87. The number of rotatable bonds is 6. The van der Waals surface area contributed by atoms with Gasteiger partial charge in [-0.25, -0.2) is 0 Å². The zero-order valence-electron chi connectivity index (χ0n) is 21.9. The van der Waals surface area contributed by atoms with E-state index in [1.807, 2.05) is 20.8 Å². The fraction of sp³-hybridized carbons (Fsp3) is 0.241. The van der Waals surface area contributed by atoms with Gasteiger partial charge in [0.05, 0.1) is 16.6 Å². The number of ether oxygens (including phenoxy) is 2. The molecule has 1 amide bonds. The summed E-state index contributed by atoms with van der Waals surface area (Å²) in [4.78, 5) is 25.3. The van der Waals surface area contributed by atoms with Crippen LogP contribution in [0.25, 0.3) is 11.0 Å². The van der Waals surface area contributed by atoms with Gasteiger partial charge in [-0.05, 0) is 47.4 Å². The number of anilines is 1. The van der Waals surface area contributed by atoms with E-state index in [1.54, 1.807) is 12.1 Å². The first kappa shape index (κ1) is 29.5. The van der Waals surface area contributed by atoms with Gasteiger partial charge in [0.2, 0.25) is 11.2 Å². The van der Waals surface area contributed by atoms with Gasteiger partial charge in [0.1, 0.15) is 17.1 Å². The molecule has 41 heavy (non-hydrogen) atoms. The molecule has 0 bridgehead atoms. The van der Waals surface area contributed by atoms with Crippen LogP contribution in [0.2, 0.25) is 0 Å². The number of halogens is 6. The highest BCUT2D eigenvalue weighted by Gasteiger charge is 2.40. The summed E-state index contributed by atoms with van der Waals surface area (Å²) in [6, 6.07) is 13.8. The summed E-state index contributed by atoms with van der Waals surface area (Å²) in [5.41, 5.74) is -2.47. The second-order valence-electron chi connectivity index (χ2n) is 10.0. The second-order valence-corrected chi connectivity index (χ2v) is 10.0. The Morgan fingerprint density at radius 2 is 1.49 bits per heavy atom. The fourth-order valence-electron chi connectivity index (χ4n) is 3.84. The van der Waals surface area contributed by atoms with Crippen LogP contribution in [-0.4, -0.2) is 12.5 Å². The average molecular weight is 579 g/mol. The largest absolute Gasteiger partial charge is 0.484 e. The second kappa shape index (κ2) is 10.8. The monoisotopic (exact) mass is 579 g/mol. The molecule has 0 radical (unpaired) electrons. The minimum Gasteiger partial charge on any atom is -0.484 e. The van der Waals surface area contributed by atoms with E-state index >= 15 is 0 Å². The minimum absolute atomic E-state index is 0.00628. The summed E-state index contributed by atoms with van der Waals surface area (Å²) >= 11 is 0. The van der Waals surface area contributed by atoms with E-state index in [9.17, 15) is 35.9 Å². The van der Waals surface area contributed by atoms with Crippen LogP contribution in [0.3, 0.4) is 0 Å². The predicted octanol–water partition coefficient (Wildman–Crippen LogP) is 7.94. The molecule has 6 nitrogen and oxygen atoms in total. The van der Waals surface area contributed by atoms with E-state index in [0.29, 0.717) is 0 Å². The lowest BCUT2D eigenvalue weighted by molar-refractivity contribution is -0.154. The third-order valence-corrected chi connectivity index (χ3v) is 5.90. The van der Waals surface area contributed by atoms with Crippen molar-refractivity contribution in [2.75, 3.05) is 11.9 Å². The molecule has 3 aromatic carbocycles. The number of para-hydroxylation sites is 1. The zero-order chi connectivity index (χ0) is 30.2. The number of carbonyl (C=O) groups excluding carboxylic acids is 1. The van der Waals surface area contributed by atoms with Gasteiger partial charge < -0.3 is 19.2 Å². The molecule has 4 rings (SSSR count). The SMILES string of the molecule is CC(C)(C)c1ccc(Oc2c(C(F)(F)F)oc3cc(OCC(=O)Nc4ccccc4C(F)(F)F)ccc3c2=O)cc1. The molecule has 12 heteroatoms. The highest BCUT2D eigenvalue weighted by atomic mass is 19.4. The lowest BCUT2D eigenvalue weighted by Gasteiger charge is -2.19. The van der Waals surface area contributed by atoms with Crippen LogP contribution in [-0.2, 0) is 22.6 Å². The molecule has 0 unspecified atom stereocenters. The molecule has 4 aromatic rings. The quantitative estimate of drug-likeness (QED) is 0.235. The van der Waals surface area contributed by atoms with Gasteiger partial charge in [-0.15, -0.1) is 0 Å². The van der Waals surface area contributed by atoms with Crippen molar-refractivity contribution in [1.82, 2.24) is 0 Å². The van der Waals surface area contributed by atoms with Crippen molar-refractivity contribution in [3.63, 3.8) is 0 Å². The van der Waals surface area contributed by atoms with Crippen LogP contribution in [0, 0.1) is 0 Å². The number of benzene rings is 3. The number of fused-ring (bicyclic) bond motifs is 1.